The monoisotopic (exact) mass is 396 g/mol. The third kappa shape index (κ3) is 3.67. The number of aryl methyl sites for hydroxylation is 1. The fourth-order valence-corrected chi connectivity index (χ4v) is 4.57. The van der Waals surface area contributed by atoms with Gasteiger partial charge >= 0.3 is 5.69 Å². The summed E-state index contributed by atoms with van der Waals surface area (Å²) in [7, 11) is -3.74. The molecule has 1 aliphatic rings. The Morgan fingerprint density at radius 1 is 1.12 bits per heavy atom. The molecule has 0 N–H and O–H groups in total. The number of hydrogen-bond acceptors (Lipinski definition) is 5. The van der Waals surface area contributed by atoms with Gasteiger partial charge in [0.1, 0.15) is 5.75 Å². The van der Waals surface area contributed by atoms with Gasteiger partial charge in [0.05, 0.1) is 9.82 Å². The summed E-state index contributed by atoms with van der Waals surface area (Å²) < 4.78 is 32.2. The van der Waals surface area contributed by atoms with Crippen LogP contribution in [0.5, 0.6) is 11.5 Å². The van der Waals surface area contributed by atoms with Gasteiger partial charge in [-0.1, -0.05) is 11.6 Å². The number of ether oxygens (including phenoxy) is 1. The molecule has 1 aliphatic heterocycles. The van der Waals surface area contributed by atoms with Crippen molar-refractivity contribution in [3.8, 4) is 11.5 Å². The van der Waals surface area contributed by atoms with Gasteiger partial charge in [0.25, 0.3) is 0 Å². The third-order valence-electron chi connectivity index (χ3n) is 4.19. The lowest BCUT2D eigenvalue weighted by Gasteiger charge is -2.16. The lowest BCUT2D eigenvalue weighted by molar-refractivity contribution is -0.385. The summed E-state index contributed by atoms with van der Waals surface area (Å²) in [5, 5.41) is 12.0. The van der Waals surface area contributed by atoms with Crippen molar-refractivity contribution in [1.29, 1.82) is 0 Å². The first-order valence-electron chi connectivity index (χ1n) is 8.01. The Labute approximate surface area is 156 Å². The molecule has 0 bridgehead atoms. The van der Waals surface area contributed by atoms with Crippen LogP contribution in [0.25, 0.3) is 0 Å². The summed E-state index contributed by atoms with van der Waals surface area (Å²) in [4.78, 5) is 10.7. The van der Waals surface area contributed by atoms with E-state index in [4.69, 9.17) is 16.3 Å². The normalized spacial score (nSPS) is 15.2. The molecule has 1 saturated heterocycles. The molecule has 1 fully saturated rings. The fourth-order valence-electron chi connectivity index (χ4n) is 2.81. The van der Waals surface area contributed by atoms with Gasteiger partial charge in [-0.3, -0.25) is 10.1 Å². The molecule has 0 radical (unpaired) electrons. The van der Waals surface area contributed by atoms with Gasteiger partial charge in [0, 0.05) is 24.2 Å². The Morgan fingerprint density at radius 3 is 2.38 bits per heavy atom. The molecule has 0 saturated carbocycles. The summed E-state index contributed by atoms with van der Waals surface area (Å²) in [6.07, 6.45) is 1.58. The molecule has 26 heavy (non-hydrogen) atoms. The first kappa shape index (κ1) is 18.6. The van der Waals surface area contributed by atoms with Crippen LogP contribution in [0, 0.1) is 17.0 Å². The van der Waals surface area contributed by atoms with Crippen LogP contribution in [0.4, 0.5) is 5.69 Å². The summed E-state index contributed by atoms with van der Waals surface area (Å²) in [5.74, 6) is 0.383. The molecule has 3 rings (SSSR count). The van der Waals surface area contributed by atoms with Crippen LogP contribution < -0.4 is 4.74 Å². The number of sulfonamides is 1. The van der Waals surface area contributed by atoms with Crippen molar-refractivity contribution in [3.05, 3.63) is 57.1 Å². The van der Waals surface area contributed by atoms with Gasteiger partial charge in [0.15, 0.2) is 0 Å². The number of nitrogens with zero attached hydrogens (tertiary/aromatic N) is 2. The van der Waals surface area contributed by atoms with E-state index in [0.29, 0.717) is 29.4 Å². The first-order valence-corrected chi connectivity index (χ1v) is 9.83. The van der Waals surface area contributed by atoms with Gasteiger partial charge < -0.3 is 4.74 Å². The molecule has 138 valence electrons. The number of hydrogen-bond donors (Lipinski definition) is 0. The first-order chi connectivity index (χ1) is 12.3. The van der Waals surface area contributed by atoms with Crippen LogP contribution >= 0.6 is 11.6 Å². The van der Waals surface area contributed by atoms with E-state index in [1.54, 1.807) is 25.1 Å². The minimum absolute atomic E-state index is 0.0270. The Kier molecular flexibility index (Phi) is 5.17. The van der Waals surface area contributed by atoms with E-state index in [2.05, 4.69) is 0 Å². The minimum Gasteiger partial charge on any atom is -0.450 e. The Balaban J connectivity index is 1.98. The number of benzene rings is 2. The quantitative estimate of drug-likeness (QED) is 0.559. The van der Waals surface area contributed by atoms with Crippen molar-refractivity contribution >= 4 is 27.3 Å². The number of halogens is 1. The zero-order chi connectivity index (χ0) is 18.9. The predicted molar refractivity (Wildman–Crippen MR) is 97.4 cm³/mol. The minimum atomic E-state index is -3.74. The second-order valence-electron chi connectivity index (χ2n) is 6.01. The highest BCUT2D eigenvalue weighted by Gasteiger charge is 2.30. The van der Waals surface area contributed by atoms with Crippen LogP contribution in [-0.4, -0.2) is 30.7 Å². The molecule has 0 aliphatic carbocycles. The van der Waals surface area contributed by atoms with E-state index in [1.165, 1.54) is 16.4 Å². The molecule has 1 heterocycles. The summed E-state index contributed by atoms with van der Waals surface area (Å²) in [6, 6.07) is 8.59. The lowest BCUT2D eigenvalue weighted by atomic mass is 10.2. The second-order valence-corrected chi connectivity index (χ2v) is 8.38. The van der Waals surface area contributed by atoms with Crippen molar-refractivity contribution in [2.45, 2.75) is 24.7 Å². The van der Waals surface area contributed by atoms with E-state index in [0.717, 1.165) is 18.9 Å². The fraction of sp³-hybridized carbons (Fsp3) is 0.294. The van der Waals surface area contributed by atoms with Crippen molar-refractivity contribution < 1.29 is 18.1 Å². The van der Waals surface area contributed by atoms with Gasteiger partial charge in [0.2, 0.25) is 15.8 Å². The standard InChI is InChI=1S/C17H17ClN2O5S/c1-12-10-13(18)4-6-16(12)25-17-7-5-14(11-15(17)20(21)22)26(23,24)19-8-2-3-9-19/h4-7,10-11H,2-3,8-9H2,1H3. The van der Waals surface area contributed by atoms with Gasteiger partial charge in [-0.15, -0.1) is 0 Å². The van der Waals surface area contributed by atoms with Crippen LogP contribution in [0.1, 0.15) is 18.4 Å². The van der Waals surface area contributed by atoms with Gasteiger partial charge in [-0.25, -0.2) is 8.42 Å². The Morgan fingerprint density at radius 2 is 1.77 bits per heavy atom. The SMILES string of the molecule is Cc1cc(Cl)ccc1Oc1ccc(S(=O)(=O)N2CCCC2)cc1[N+](=O)[O-]. The van der Waals surface area contributed by atoms with Crippen molar-refractivity contribution in [3.63, 3.8) is 0 Å². The summed E-state index contributed by atoms with van der Waals surface area (Å²) >= 11 is 5.90. The van der Waals surface area contributed by atoms with Crippen LogP contribution in [0.15, 0.2) is 41.3 Å². The van der Waals surface area contributed by atoms with E-state index in [-0.39, 0.29) is 10.6 Å². The highest BCUT2D eigenvalue weighted by molar-refractivity contribution is 7.89. The maximum atomic E-state index is 12.6. The molecule has 0 unspecified atom stereocenters. The van der Waals surface area contributed by atoms with Crippen molar-refractivity contribution in [2.24, 2.45) is 0 Å². The van der Waals surface area contributed by atoms with Crippen LogP contribution in [0.3, 0.4) is 0 Å². The molecular weight excluding hydrogens is 380 g/mol. The lowest BCUT2D eigenvalue weighted by Crippen LogP contribution is -2.27. The zero-order valence-corrected chi connectivity index (χ0v) is 15.6. The number of rotatable bonds is 5. The summed E-state index contributed by atoms with van der Waals surface area (Å²) in [5.41, 5.74) is 0.306. The van der Waals surface area contributed by atoms with E-state index in [1.807, 2.05) is 0 Å². The molecule has 0 spiro atoms. The maximum absolute atomic E-state index is 12.6. The molecule has 0 atom stereocenters. The van der Waals surface area contributed by atoms with E-state index in [9.17, 15) is 18.5 Å². The molecule has 9 heteroatoms. The Hall–Kier alpha value is -2.16. The average molecular weight is 397 g/mol. The van der Waals surface area contributed by atoms with Crippen molar-refractivity contribution in [2.75, 3.05) is 13.1 Å². The number of nitro groups is 1. The summed E-state index contributed by atoms with van der Waals surface area (Å²) in [6.45, 7) is 2.62. The number of nitro benzene ring substituents is 1. The van der Waals surface area contributed by atoms with Gasteiger partial charge in [-0.05, 0) is 55.7 Å². The molecule has 2 aromatic carbocycles. The molecule has 7 nitrogen and oxygen atoms in total. The zero-order valence-electron chi connectivity index (χ0n) is 14.0. The Bertz CT molecular complexity index is 956. The molecule has 0 aromatic heterocycles. The molecule has 2 aromatic rings. The molecular formula is C17H17ClN2O5S. The van der Waals surface area contributed by atoms with Crippen LogP contribution in [-0.2, 0) is 10.0 Å². The van der Waals surface area contributed by atoms with E-state index >= 15 is 0 Å². The topological polar surface area (TPSA) is 89.8 Å². The van der Waals surface area contributed by atoms with Crippen LogP contribution in [0.2, 0.25) is 5.02 Å². The maximum Gasteiger partial charge on any atom is 0.312 e. The smallest absolute Gasteiger partial charge is 0.312 e. The molecule has 0 amide bonds. The third-order valence-corrected chi connectivity index (χ3v) is 6.32. The van der Waals surface area contributed by atoms with E-state index < -0.39 is 20.6 Å². The highest BCUT2D eigenvalue weighted by atomic mass is 35.5. The van der Waals surface area contributed by atoms with Gasteiger partial charge in [-0.2, -0.15) is 4.31 Å². The van der Waals surface area contributed by atoms with Crippen molar-refractivity contribution in [1.82, 2.24) is 4.31 Å². The second kappa shape index (κ2) is 7.22. The predicted octanol–water partition coefficient (Wildman–Crippen LogP) is 4.13. The largest absolute Gasteiger partial charge is 0.450 e. The highest BCUT2D eigenvalue weighted by Crippen LogP contribution is 2.36. The average Bonchev–Trinajstić information content (AvgIpc) is 3.12.